The van der Waals surface area contributed by atoms with Gasteiger partial charge in [-0.05, 0) is 50.2 Å². The maximum atomic E-state index is 12.3. The first-order valence-corrected chi connectivity index (χ1v) is 8.84. The first-order chi connectivity index (χ1) is 13.5. The summed E-state index contributed by atoms with van der Waals surface area (Å²) in [5, 5.41) is 2.48. The van der Waals surface area contributed by atoms with Crippen molar-refractivity contribution < 1.29 is 28.6 Å². The van der Waals surface area contributed by atoms with Gasteiger partial charge in [0.1, 0.15) is 18.0 Å². The van der Waals surface area contributed by atoms with Gasteiger partial charge in [0.15, 0.2) is 6.10 Å². The summed E-state index contributed by atoms with van der Waals surface area (Å²) in [5.41, 5.74) is 0.718. The van der Waals surface area contributed by atoms with E-state index in [0.717, 1.165) is 0 Å². The fraction of sp³-hybridized carbons (Fsp3) is 0.286. The Kier molecular flexibility index (Phi) is 7.56. The summed E-state index contributed by atoms with van der Waals surface area (Å²) < 4.78 is 15.6. The van der Waals surface area contributed by atoms with Gasteiger partial charge in [-0.25, -0.2) is 0 Å². The molecule has 0 spiro atoms. The van der Waals surface area contributed by atoms with Crippen LogP contribution >= 0.6 is 0 Å². The average molecular weight is 385 g/mol. The third-order valence-corrected chi connectivity index (χ3v) is 3.88. The number of para-hydroxylation sites is 1. The van der Waals surface area contributed by atoms with Crippen LogP contribution in [0.2, 0.25) is 0 Å². The average Bonchev–Trinajstić information content (AvgIpc) is 2.72. The number of carbonyl (C=O) groups is 3. The van der Waals surface area contributed by atoms with E-state index in [-0.39, 0.29) is 12.3 Å². The first kappa shape index (κ1) is 21.0. The predicted octanol–water partition coefficient (Wildman–Crippen LogP) is 2.64. The number of benzene rings is 2. The molecule has 0 heterocycles. The van der Waals surface area contributed by atoms with Gasteiger partial charge in [-0.3, -0.25) is 14.4 Å². The van der Waals surface area contributed by atoms with Crippen LogP contribution < -0.4 is 14.8 Å². The molecular formula is C21H23NO6. The lowest BCUT2D eigenvalue weighted by Gasteiger charge is -2.14. The highest BCUT2D eigenvalue weighted by molar-refractivity contribution is 6.01. The van der Waals surface area contributed by atoms with Crippen LogP contribution in [-0.2, 0) is 9.53 Å². The van der Waals surface area contributed by atoms with E-state index in [1.165, 1.54) is 14.0 Å². The van der Waals surface area contributed by atoms with Gasteiger partial charge < -0.3 is 19.5 Å². The van der Waals surface area contributed by atoms with E-state index in [2.05, 4.69) is 5.32 Å². The molecule has 0 bridgehead atoms. The molecule has 2 rings (SSSR count). The first-order valence-electron chi connectivity index (χ1n) is 8.84. The van der Waals surface area contributed by atoms with Gasteiger partial charge in [0, 0.05) is 5.56 Å². The molecule has 7 nitrogen and oxygen atoms in total. The van der Waals surface area contributed by atoms with Crippen LogP contribution in [0.4, 0.5) is 0 Å². The van der Waals surface area contributed by atoms with Crippen molar-refractivity contribution in [3.63, 3.8) is 0 Å². The molecule has 0 aliphatic heterocycles. The SMILES string of the molecule is CCOc1ccccc1C(=O)NCC(=O)OC(C)C(=O)c1ccc(OC)cc1. The molecule has 148 valence electrons. The molecule has 0 saturated heterocycles. The van der Waals surface area contributed by atoms with E-state index in [0.29, 0.717) is 29.2 Å². The van der Waals surface area contributed by atoms with Gasteiger partial charge in [0.25, 0.3) is 5.91 Å². The van der Waals surface area contributed by atoms with Crippen LogP contribution in [0.5, 0.6) is 11.5 Å². The number of amides is 1. The van der Waals surface area contributed by atoms with Crippen LogP contribution in [0.25, 0.3) is 0 Å². The zero-order valence-corrected chi connectivity index (χ0v) is 16.1. The lowest BCUT2D eigenvalue weighted by Crippen LogP contribution is -2.34. The minimum atomic E-state index is -0.978. The molecule has 1 N–H and O–H groups in total. The summed E-state index contributed by atoms with van der Waals surface area (Å²) in [6.07, 6.45) is -0.978. The van der Waals surface area contributed by atoms with Crippen molar-refractivity contribution in [1.29, 1.82) is 0 Å². The molecule has 0 aliphatic carbocycles. The number of ketones is 1. The molecule has 0 radical (unpaired) electrons. The highest BCUT2D eigenvalue weighted by Gasteiger charge is 2.20. The maximum Gasteiger partial charge on any atom is 0.326 e. The molecule has 0 fully saturated rings. The predicted molar refractivity (Wildman–Crippen MR) is 103 cm³/mol. The lowest BCUT2D eigenvalue weighted by atomic mass is 10.1. The molecule has 0 saturated carbocycles. The second kappa shape index (κ2) is 10.1. The Balaban J connectivity index is 1.89. The Bertz CT molecular complexity index is 831. The minimum absolute atomic E-state index is 0.319. The number of ether oxygens (including phenoxy) is 3. The molecule has 1 unspecified atom stereocenters. The fourth-order valence-corrected chi connectivity index (χ4v) is 2.47. The van der Waals surface area contributed by atoms with Gasteiger partial charge in [-0.1, -0.05) is 12.1 Å². The zero-order valence-electron chi connectivity index (χ0n) is 16.1. The number of methoxy groups -OCH3 is 1. The quantitative estimate of drug-likeness (QED) is 0.527. The molecule has 28 heavy (non-hydrogen) atoms. The Hall–Kier alpha value is -3.35. The van der Waals surface area contributed by atoms with Crippen LogP contribution in [0.1, 0.15) is 34.6 Å². The topological polar surface area (TPSA) is 90.9 Å². The number of esters is 1. The molecule has 1 atom stereocenters. The van der Waals surface area contributed by atoms with Crippen molar-refractivity contribution in [2.24, 2.45) is 0 Å². The Morgan fingerprint density at radius 3 is 2.36 bits per heavy atom. The van der Waals surface area contributed by atoms with E-state index >= 15 is 0 Å². The monoisotopic (exact) mass is 385 g/mol. The van der Waals surface area contributed by atoms with E-state index in [1.807, 2.05) is 6.92 Å². The molecule has 2 aromatic carbocycles. The summed E-state index contributed by atoms with van der Waals surface area (Å²) in [6, 6.07) is 13.2. The Labute approximate surface area is 163 Å². The van der Waals surface area contributed by atoms with Crippen molar-refractivity contribution in [3.05, 3.63) is 59.7 Å². The number of nitrogens with one attached hydrogen (secondary N) is 1. The van der Waals surface area contributed by atoms with E-state index < -0.39 is 18.0 Å². The lowest BCUT2D eigenvalue weighted by molar-refractivity contribution is -0.145. The zero-order chi connectivity index (χ0) is 20.5. The van der Waals surface area contributed by atoms with Crippen molar-refractivity contribution in [1.82, 2.24) is 5.32 Å². The number of Topliss-reactive ketones (excluding diaryl/α,β-unsaturated/α-hetero) is 1. The van der Waals surface area contributed by atoms with Crippen molar-refractivity contribution in [3.8, 4) is 11.5 Å². The minimum Gasteiger partial charge on any atom is -0.497 e. The maximum absolute atomic E-state index is 12.3. The number of hydrogen-bond donors (Lipinski definition) is 1. The van der Waals surface area contributed by atoms with Crippen LogP contribution in [0.15, 0.2) is 48.5 Å². The second-order valence-electron chi connectivity index (χ2n) is 5.84. The highest BCUT2D eigenvalue weighted by atomic mass is 16.5. The number of carbonyl (C=O) groups excluding carboxylic acids is 3. The van der Waals surface area contributed by atoms with Gasteiger partial charge in [-0.15, -0.1) is 0 Å². The van der Waals surface area contributed by atoms with E-state index in [9.17, 15) is 14.4 Å². The third-order valence-electron chi connectivity index (χ3n) is 3.88. The number of rotatable bonds is 9. The summed E-state index contributed by atoms with van der Waals surface area (Å²) in [7, 11) is 1.53. The molecule has 1 amide bonds. The molecule has 2 aromatic rings. The smallest absolute Gasteiger partial charge is 0.326 e. The van der Waals surface area contributed by atoms with E-state index in [4.69, 9.17) is 14.2 Å². The molecule has 0 aliphatic rings. The van der Waals surface area contributed by atoms with Crippen LogP contribution in [-0.4, -0.2) is 44.0 Å². The summed E-state index contributed by atoms with van der Waals surface area (Å²) >= 11 is 0. The van der Waals surface area contributed by atoms with E-state index in [1.54, 1.807) is 48.5 Å². The van der Waals surface area contributed by atoms with Crippen LogP contribution in [0, 0.1) is 0 Å². The highest BCUT2D eigenvalue weighted by Crippen LogP contribution is 2.17. The Morgan fingerprint density at radius 2 is 1.71 bits per heavy atom. The van der Waals surface area contributed by atoms with Crippen molar-refractivity contribution in [2.75, 3.05) is 20.3 Å². The van der Waals surface area contributed by atoms with Crippen LogP contribution in [0.3, 0.4) is 0 Å². The van der Waals surface area contributed by atoms with Gasteiger partial charge in [0.05, 0.1) is 19.3 Å². The Morgan fingerprint density at radius 1 is 1.04 bits per heavy atom. The fourth-order valence-electron chi connectivity index (χ4n) is 2.47. The second-order valence-corrected chi connectivity index (χ2v) is 5.84. The summed E-state index contributed by atoms with van der Waals surface area (Å²) in [4.78, 5) is 36.6. The third kappa shape index (κ3) is 5.57. The summed E-state index contributed by atoms with van der Waals surface area (Å²) in [5.74, 6) is -0.467. The van der Waals surface area contributed by atoms with Gasteiger partial charge in [-0.2, -0.15) is 0 Å². The molecular weight excluding hydrogens is 362 g/mol. The van der Waals surface area contributed by atoms with Gasteiger partial charge in [0.2, 0.25) is 5.78 Å². The standard InChI is InChI=1S/C21H23NO6/c1-4-27-18-8-6-5-7-17(18)21(25)22-13-19(23)28-14(2)20(24)15-9-11-16(26-3)12-10-15/h5-12,14H,4,13H2,1-3H3,(H,22,25). The summed E-state index contributed by atoms with van der Waals surface area (Å²) in [6.45, 7) is 3.35. The molecule has 0 aromatic heterocycles. The largest absolute Gasteiger partial charge is 0.497 e. The molecule has 7 heteroatoms. The van der Waals surface area contributed by atoms with Gasteiger partial charge >= 0.3 is 5.97 Å². The normalized spacial score (nSPS) is 11.2. The number of hydrogen-bond acceptors (Lipinski definition) is 6. The van der Waals surface area contributed by atoms with Crippen molar-refractivity contribution in [2.45, 2.75) is 20.0 Å². The van der Waals surface area contributed by atoms with Crippen molar-refractivity contribution >= 4 is 17.7 Å².